The van der Waals surface area contributed by atoms with E-state index in [1.807, 2.05) is 43.4 Å². The van der Waals surface area contributed by atoms with Gasteiger partial charge < -0.3 is 14.8 Å². The fraction of sp³-hybridized carbons (Fsp3) is 0.269. The Hall–Kier alpha value is -3.60. The molecular formula is C26H30N4O5S. The Bertz CT molecular complexity index is 1370. The van der Waals surface area contributed by atoms with Crippen LogP contribution in [0.1, 0.15) is 13.3 Å². The molecule has 0 saturated carbocycles. The van der Waals surface area contributed by atoms with Gasteiger partial charge in [0, 0.05) is 37.0 Å². The molecule has 0 fully saturated rings. The summed E-state index contributed by atoms with van der Waals surface area (Å²) < 4.78 is 37.2. The number of hydrogen-bond donors (Lipinski definition) is 2. The van der Waals surface area contributed by atoms with Crippen molar-refractivity contribution in [2.24, 2.45) is 0 Å². The largest absolute Gasteiger partial charge is 0.491 e. The molecule has 0 bridgehead atoms. The van der Waals surface area contributed by atoms with Gasteiger partial charge >= 0.3 is 0 Å². The van der Waals surface area contributed by atoms with Crippen LogP contribution in [0.15, 0.2) is 67.0 Å². The minimum Gasteiger partial charge on any atom is -0.491 e. The average molecular weight is 511 g/mol. The Kier molecular flexibility index (Phi) is 9.69. The lowest BCUT2D eigenvalue weighted by atomic mass is 10.0. The van der Waals surface area contributed by atoms with Crippen molar-refractivity contribution in [3.63, 3.8) is 0 Å². The maximum absolute atomic E-state index is 9.19. The Morgan fingerprint density at radius 3 is 2.39 bits per heavy atom. The third-order valence-electron chi connectivity index (χ3n) is 4.86. The van der Waals surface area contributed by atoms with E-state index in [-0.39, 0.29) is 0 Å². The smallest absolute Gasteiger partial charge is 0.261 e. The second-order valence-corrected chi connectivity index (χ2v) is 9.31. The first kappa shape index (κ1) is 27.0. The molecule has 0 spiro atoms. The first-order valence-electron chi connectivity index (χ1n) is 11.4. The number of anilines is 1. The van der Waals surface area contributed by atoms with E-state index in [4.69, 9.17) is 24.0 Å². The van der Waals surface area contributed by atoms with Gasteiger partial charge in [0.25, 0.3) is 10.1 Å². The molecule has 4 aromatic rings. The van der Waals surface area contributed by atoms with Crippen LogP contribution in [0.25, 0.3) is 33.4 Å². The van der Waals surface area contributed by atoms with E-state index in [2.05, 4.69) is 35.4 Å². The van der Waals surface area contributed by atoms with E-state index in [1.54, 1.807) is 12.4 Å². The van der Waals surface area contributed by atoms with Crippen molar-refractivity contribution in [1.82, 2.24) is 15.0 Å². The van der Waals surface area contributed by atoms with Crippen LogP contribution in [0.3, 0.4) is 0 Å². The lowest BCUT2D eigenvalue weighted by Gasteiger charge is -2.11. The number of ether oxygens (including phenoxy) is 2. The molecule has 9 nitrogen and oxygen atoms in total. The second-order valence-electron chi connectivity index (χ2n) is 7.84. The summed E-state index contributed by atoms with van der Waals surface area (Å²) in [6.07, 6.45) is 5.24. The molecule has 0 unspecified atom stereocenters. The van der Waals surface area contributed by atoms with Gasteiger partial charge in [-0.2, -0.15) is 8.42 Å². The molecule has 0 aliphatic rings. The molecule has 2 aromatic carbocycles. The molecule has 2 aromatic heterocycles. The Balaban J connectivity index is 0.000000658. The van der Waals surface area contributed by atoms with E-state index in [0.717, 1.165) is 52.2 Å². The highest BCUT2D eigenvalue weighted by Crippen LogP contribution is 2.30. The van der Waals surface area contributed by atoms with E-state index < -0.39 is 10.1 Å². The average Bonchev–Trinajstić information content (AvgIpc) is 2.87. The Morgan fingerprint density at radius 1 is 0.944 bits per heavy atom. The summed E-state index contributed by atoms with van der Waals surface area (Å²) in [7, 11) is -1.80. The third kappa shape index (κ3) is 8.26. The maximum Gasteiger partial charge on any atom is 0.261 e. The van der Waals surface area contributed by atoms with Crippen molar-refractivity contribution in [2.45, 2.75) is 13.3 Å². The van der Waals surface area contributed by atoms with Crippen LogP contribution < -0.4 is 10.1 Å². The number of aromatic nitrogens is 3. The van der Waals surface area contributed by atoms with Crippen molar-refractivity contribution in [3.8, 4) is 28.3 Å². The van der Waals surface area contributed by atoms with E-state index >= 15 is 0 Å². The van der Waals surface area contributed by atoms with E-state index in [1.165, 1.54) is 0 Å². The summed E-state index contributed by atoms with van der Waals surface area (Å²) in [5.41, 5.74) is 3.92. The summed E-state index contributed by atoms with van der Waals surface area (Å²) in [6.45, 7) is 3.99. The van der Waals surface area contributed by atoms with Crippen molar-refractivity contribution in [1.29, 1.82) is 0 Å². The summed E-state index contributed by atoms with van der Waals surface area (Å²) in [5, 5.41) is 4.17. The van der Waals surface area contributed by atoms with Gasteiger partial charge in [-0.3, -0.25) is 9.54 Å². The second kappa shape index (κ2) is 12.9. The normalized spacial score (nSPS) is 11.0. The van der Waals surface area contributed by atoms with Gasteiger partial charge in [-0.1, -0.05) is 25.1 Å². The topological polar surface area (TPSA) is 124 Å². The standard InChI is InChI=1S/C25H26N4O2.CH4O3S/c1-3-12-30-13-14-31-21-8-4-6-18(15-21)19-9-10-23-22(16-19)25(26-2)29-24(28-23)20-7-5-11-27-17-20;1-5(2,3)4/h4-11,15-17H,3,12-14H2,1-2H3,(H,26,28,29);1H3,(H,2,3,4). The highest BCUT2D eigenvalue weighted by molar-refractivity contribution is 7.85. The van der Waals surface area contributed by atoms with Crippen molar-refractivity contribution in [2.75, 3.05) is 38.4 Å². The number of benzene rings is 2. The summed E-state index contributed by atoms with van der Waals surface area (Å²) in [5.74, 6) is 2.26. The van der Waals surface area contributed by atoms with Crippen LogP contribution in [-0.2, 0) is 14.9 Å². The van der Waals surface area contributed by atoms with Gasteiger partial charge in [-0.05, 0) is 53.9 Å². The molecule has 4 rings (SSSR count). The van der Waals surface area contributed by atoms with Gasteiger partial charge in [0.2, 0.25) is 0 Å². The predicted molar refractivity (Wildman–Crippen MR) is 142 cm³/mol. The lowest BCUT2D eigenvalue weighted by Crippen LogP contribution is -2.07. The van der Waals surface area contributed by atoms with E-state index in [9.17, 15) is 8.42 Å². The number of nitrogens with zero attached hydrogens (tertiary/aromatic N) is 3. The Labute approximate surface area is 211 Å². The maximum atomic E-state index is 9.19. The zero-order valence-electron chi connectivity index (χ0n) is 20.5. The third-order valence-corrected chi connectivity index (χ3v) is 4.86. The summed E-state index contributed by atoms with van der Waals surface area (Å²) in [4.78, 5) is 13.6. The molecule has 0 radical (unpaired) electrons. The van der Waals surface area contributed by atoms with Crippen molar-refractivity contribution in [3.05, 3.63) is 67.0 Å². The molecule has 0 aliphatic heterocycles. The van der Waals surface area contributed by atoms with Crippen LogP contribution in [-0.4, -0.2) is 61.0 Å². The fourth-order valence-electron chi connectivity index (χ4n) is 3.35. The molecule has 2 N–H and O–H groups in total. The number of nitrogens with one attached hydrogen (secondary N) is 1. The molecule has 36 heavy (non-hydrogen) atoms. The summed E-state index contributed by atoms with van der Waals surface area (Å²) >= 11 is 0. The predicted octanol–water partition coefficient (Wildman–Crippen LogP) is 4.71. The molecule has 10 heteroatoms. The van der Waals surface area contributed by atoms with Gasteiger partial charge in [0.15, 0.2) is 5.82 Å². The number of hydrogen-bond acceptors (Lipinski definition) is 8. The van der Waals surface area contributed by atoms with Crippen LogP contribution in [0.4, 0.5) is 5.82 Å². The number of fused-ring (bicyclic) bond motifs is 1. The Morgan fingerprint density at radius 2 is 1.69 bits per heavy atom. The van der Waals surface area contributed by atoms with Crippen LogP contribution in [0.5, 0.6) is 5.75 Å². The number of pyridine rings is 1. The SMILES string of the molecule is CCCOCCOc1cccc(-c2ccc3nc(-c4cccnc4)nc(NC)c3c2)c1.CS(=O)(=O)O. The number of rotatable bonds is 9. The highest BCUT2D eigenvalue weighted by atomic mass is 32.2. The van der Waals surface area contributed by atoms with Crippen molar-refractivity contribution < 1.29 is 22.4 Å². The van der Waals surface area contributed by atoms with Crippen LogP contribution >= 0.6 is 0 Å². The zero-order chi connectivity index (χ0) is 26.0. The first-order valence-corrected chi connectivity index (χ1v) is 13.3. The molecule has 0 atom stereocenters. The zero-order valence-corrected chi connectivity index (χ0v) is 21.3. The monoisotopic (exact) mass is 510 g/mol. The van der Waals surface area contributed by atoms with Gasteiger partial charge in [0.05, 0.1) is 18.4 Å². The van der Waals surface area contributed by atoms with E-state index in [0.29, 0.717) is 25.3 Å². The lowest BCUT2D eigenvalue weighted by molar-refractivity contribution is 0.101. The minimum absolute atomic E-state index is 0.538. The quantitative estimate of drug-likeness (QED) is 0.243. The molecular weight excluding hydrogens is 480 g/mol. The fourth-order valence-corrected chi connectivity index (χ4v) is 3.35. The van der Waals surface area contributed by atoms with Crippen molar-refractivity contribution >= 4 is 26.8 Å². The molecule has 190 valence electrons. The molecule has 0 amide bonds. The van der Waals surface area contributed by atoms with Gasteiger partial charge in [0.1, 0.15) is 18.2 Å². The van der Waals surface area contributed by atoms with Gasteiger partial charge in [-0.25, -0.2) is 9.97 Å². The van der Waals surface area contributed by atoms with Gasteiger partial charge in [-0.15, -0.1) is 0 Å². The first-order chi connectivity index (χ1) is 17.3. The highest BCUT2D eigenvalue weighted by Gasteiger charge is 2.11. The molecule has 0 saturated heterocycles. The van der Waals surface area contributed by atoms with Crippen LogP contribution in [0, 0.1) is 0 Å². The molecule has 0 aliphatic carbocycles. The molecule has 2 heterocycles. The minimum atomic E-state index is -3.67. The van der Waals surface area contributed by atoms with Crippen LogP contribution in [0.2, 0.25) is 0 Å². The summed E-state index contributed by atoms with van der Waals surface area (Å²) in [6, 6.07) is 18.1.